The standard InChI is InChI=1S/C16H12BN3O/c17-13-8-6-12(7-9-13)16(21)18-15-10-11-20(19-15)14-4-2-1-3-5-14/h1-11H,(H,18,19,21). The van der Waals surface area contributed by atoms with E-state index in [1.165, 1.54) is 0 Å². The zero-order chi connectivity index (χ0) is 14.7. The quantitative estimate of drug-likeness (QED) is 0.741. The number of aromatic nitrogens is 2. The Bertz CT molecular complexity index is 751. The molecular weight excluding hydrogens is 261 g/mol. The average Bonchev–Trinajstić information content (AvgIpc) is 2.97. The summed E-state index contributed by atoms with van der Waals surface area (Å²) in [6.07, 6.45) is 1.80. The summed E-state index contributed by atoms with van der Waals surface area (Å²) in [5.41, 5.74) is 2.10. The van der Waals surface area contributed by atoms with Gasteiger partial charge < -0.3 is 5.32 Å². The van der Waals surface area contributed by atoms with E-state index in [2.05, 4.69) is 10.4 Å². The van der Waals surface area contributed by atoms with E-state index in [0.29, 0.717) is 16.8 Å². The number of carbonyl (C=O) groups excluding carboxylic acids is 1. The highest BCUT2D eigenvalue weighted by Crippen LogP contribution is 2.11. The summed E-state index contributed by atoms with van der Waals surface area (Å²) in [5, 5.41) is 7.08. The van der Waals surface area contributed by atoms with E-state index in [1.54, 1.807) is 41.2 Å². The lowest BCUT2D eigenvalue weighted by Crippen LogP contribution is -2.14. The molecule has 1 aromatic heterocycles. The molecule has 0 atom stereocenters. The van der Waals surface area contributed by atoms with E-state index < -0.39 is 0 Å². The van der Waals surface area contributed by atoms with Gasteiger partial charge in [0.25, 0.3) is 5.91 Å². The number of nitrogens with one attached hydrogen (secondary N) is 1. The van der Waals surface area contributed by atoms with Crippen LogP contribution in [0.15, 0.2) is 66.9 Å². The normalized spacial score (nSPS) is 10.3. The minimum absolute atomic E-state index is 0.215. The summed E-state index contributed by atoms with van der Waals surface area (Å²) in [5.74, 6) is 0.286. The molecule has 1 N–H and O–H groups in total. The van der Waals surface area contributed by atoms with Crippen LogP contribution in [-0.4, -0.2) is 23.5 Å². The molecule has 21 heavy (non-hydrogen) atoms. The molecule has 1 amide bonds. The first-order valence-corrected chi connectivity index (χ1v) is 6.50. The molecule has 5 heteroatoms. The number of para-hydroxylation sites is 1. The van der Waals surface area contributed by atoms with Crippen LogP contribution in [0.25, 0.3) is 5.69 Å². The van der Waals surface area contributed by atoms with E-state index in [1.807, 2.05) is 30.3 Å². The van der Waals surface area contributed by atoms with Crippen molar-refractivity contribution in [1.82, 2.24) is 9.78 Å². The van der Waals surface area contributed by atoms with E-state index in [-0.39, 0.29) is 5.91 Å². The van der Waals surface area contributed by atoms with Crippen molar-refractivity contribution in [3.63, 3.8) is 0 Å². The van der Waals surface area contributed by atoms with Gasteiger partial charge in [0.05, 0.1) is 5.69 Å². The molecule has 0 spiro atoms. The predicted molar refractivity (Wildman–Crippen MR) is 83.3 cm³/mol. The Hall–Kier alpha value is -2.82. The Balaban J connectivity index is 1.75. The zero-order valence-electron chi connectivity index (χ0n) is 11.2. The monoisotopic (exact) mass is 273 g/mol. The second-order valence-corrected chi connectivity index (χ2v) is 4.56. The first-order valence-electron chi connectivity index (χ1n) is 6.50. The Morgan fingerprint density at radius 3 is 2.43 bits per heavy atom. The van der Waals surface area contributed by atoms with Gasteiger partial charge in [0.15, 0.2) is 5.82 Å². The summed E-state index contributed by atoms with van der Waals surface area (Å²) < 4.78 is 1.71. The van der Waals surface area contributed by atoms with Crippen LogP contribution in [-0.2, 0) is 0 Å². The summed E-state index contributed by atoms with van der Waals surface area (Å²) in [6, 6.07) is 18.2. The summed E-state index contributed by atoms with van der Waals surface area (Å²) in [7, 11) is 5.60. The van der Waals surface area contributed by atoms with Gasteiger partial charge >= 0.3 is 0 Å². The number of amides is 1. The third-order valence-corrected chi connectivity index (χ3v) is 3.02. The molecular formula is C16H12BN3O. The molecule has 2 aromatic carbocycles. The van der Waals surface area contributed by atoms with Gasteiger partial charge in [-0.15, -0.1) is 0 Å². The molecule has 0 saturated carbocycles. The second-order valence-electron chi connectivity index (χ2n) is 4.56. The third-order valence-electron chi connectivity index (χ3n) is 3.02. The molecule has 100 valence electrons. The number of benzene rings is 2. The smallest absolute Gasteiger partial charge is 0.256 e. The van der Waals surface area contributed by atoms with Crippen molar-refractivity contribution >= 4 is 25.0 Å². The van der Waals surface area contributed by atoms with Gasteiger partial charge in [-0.3, -0.25) is 4.79 Å². The fourth-order valence-electron chi connectivity index (χ4n) is 1.94. The van der Waals surface area contributed by atoms with Crippen molar-refractivity contribution in [2.45, 2.75) is 0 Å². The van der Waals surface area contributed by atoms with Crippen LogP contribution in [0.1, 0.15) is 10.4 Å². The van der Waals surface area contributed by atoms with Crippen molar-refractivity contribution in [1.29, 1.82) is 0 Å². The predicted octanol–water partition coefficient (Wildman–Crippen LogP) is 1.92. The second kappa shape index (κ2) is 5.67. The van der Waals surface area contributed by atoms with Crippen LogP contribution >= 0.6 is 0 Å². The third kappa shape index (κ3) is 3.03. The molecule has 3 aromatic rings. The molecule has 4 nitrogen and oxygen atoms in total. The largest absolute Gasteiger partial charge is 0.305 e. The van der Waals surface area contributed by atoms with Crippen molar-refractivity contribution < 1.29 is 4.79 Å². The Morgan fingerprint density at radius 2 is 1.71 bits per heavy atom. The molecule has 0 aliphatic carbocycles. The van der Waals surface area contributed by atoms with Gasteiger partial charge in [0, 0.05) is 17.8 Å². The lowest BCUT2D eigenvalue weighted by atomic mass is 9.95. The number of rotatable bonds is 3. The van der Waals surface area contributed by atoms with Crippen LogP contribution in [0.5, 0.6) is 0 Å². The minimum Gasteiger partial charge on any atom is -0.305 e. The molecule has 2 radical (unpaired) electrons. The van der Waals surface area contributed by atoms with Crippen LogP contribution in [0.3, 0.4) is 0 Å². The Labute approximate surface area is 123 Å². The first-order chi connectivity index (χ1) is 10.2. The molecule has 0 aliphatic rings. The molecule has 0 bridgehead atoms. The van der Waals surface area contributed by atoms with Crippen molar-refractivity contribution in [3.8, 4) is 5.69 Å². The molecule has 0 unspecified atom stereocenters. The highest BCUT2D eigenvalue weighted by molar-refractivity contribution is 6.32. The Kier molecular flexibility index (Phi) is 3.56. The maximum atomic E-state index is 12.1. The van der Waals surface area contributed by atoms with E-state index in [4.69, 9.17) is 7.85 Å². The van der Waals surface area contributed by atoms with Crippen LogP contribution in [0.2, 0.25) is 0 Å². The van der Waals surface area contributed by atoms with E-state index in [9.17, 15) is 4.79 Å². The van der Waals surface area contributed by atoms with E-state index in [0.717, 1.165) is 5.69 Å². The zero-order valence-corrected chi connectivity index (χ0v) is 11.2. The van der Waals surface area contributed by atoms with Crippen molar-refractivity contribution in [2.24, 2.45) is 0 Å². The van der Waals surface area contributed by atoms with Crippen molar-refractivity contribution in [3.05, 3.63) is 72.4 Å². The van der Waals surface area contributed by atoms with Crippen LogP contribution in [0, 0.1) is 0 Å². The fourth-order valence-corrected chi connectivity index (χ4v) is 1.94. The lowest BCUT2D eigenvalue weighted by Gasteiger charge is -2.03. The van der Waals surface area contributed by atoms with E-state index >= 15 is 0 Å². The average molecular weight is 273 g/mol. The fraction of sp³-hybridized carbons (Fsp3) is 0. The maximum Gasteiger partial charge on any atom is 0.256 e. The summed E-state index contributed by atoms with van der Waals surface area (Å²) in [4.78, 5) is 12.1. The topological polar surface area (TPSA) is 46.9 Å². The molecule has 0 fully saturated rings. The number of anilines is 1. The van der Waals surface area contributed by atoms with Gasteiger partial charge in [0.1, 0.15) is 7.85 Å². The minimum atomic E-state index is -0.215. The summed E-state index contributed by atoms with van der Waals surface area (Å²) in [6.45, 7) is 0. The highest BCUT2D eigenvalue weighted by atomic mass is 16.1. The van der Waals surface area contributed by atoms with Crippen LogP contribution < -0.4 is 10.8 Å². The van der Waals surface area contributed by atoms with Crippen molar-refractivity contribution in [2.75, 3.05) is 5.32 Å². The van der Waals surface area contributed by atoms with Gasteiger partial charge in [-0.25, -0.2) is 4.68 Å². The van der Waals surface area contributed by atoms with Gasteiger partial charge in [0.2, 0.25) is 0 Å². The van der Waals surface area contributed by atoms with Crippen LogP contribution in [0.4, 0.5) is 5.82 Å². The molecule has 3 rings (SSSR count). The number of hydrogen-bond donors (Lipinski definition) is 1. The number of hydrogen-bond acceptors (Lipinski definition) is 2. The van der Waals surface area contributed by atoms with Gasteiger partial charge in [-0.2, -0.15) is 5.10 Å². The molecule has 1 heterocycles. The maximum absolute atomic E-state index is 12.1. The first kappa shape index (κ1) is 13.2. The SMILES string of the molecule is [B]c1ccc(C(=O)Nc2ccn(-c3ccccc3)n2)cc1. The molecule has 0 saturated heterocycles. The highest BCUT2D eigenvalue weighted by Gasteiger charge is 2.08. The number of carbonyl (C=O) groups is 1. The van der Waals surface area contributed by atoms with Gasteiger partial charge in [-0.1, -0.05) is 47.9 Å². The van der Waals surface area contributed by atoms with Gasteiger partial charge in [-0.05, 0) is 12.1 Å². The number of nitrogens with zero attached hydrogens (tertiary/aromatic N) is 2. The summed E-state index contributed by atoms with van der Waals surface area (Å²) >= 11 is 0. The molecule has 0 aliphatic heterocycles. The lowest BCUT2D eigenvalue weighted by molar-refractivity contribution is 0.102. The Morgan fingerprint density at radius 1 is 1.00 bits per heavy atom.